The predicted octanol–water partition coefficient (Wildman–Crippen LogP) is 2.98. The first-order valence-corrected chi connectivity index (χ1v) is 8.13. The fourth-order valence-corrected chi connectivity index (χ4v) is 1.88. The molecule has 1 aromatic rings. The molecule has 0 saturated heterocycles. The molecule has 6 nitrogen and oxygen atoms in total. The van der Waals surface area contributed by atoms with Gasteiger partial charge in [0.2, 0.25) is 5.91 Å². The van der Waals surface area contributed by atoms with Crippen LogP contribution in [0.25, 0.3) is 0 Å². The van der Waals surface area contributed by atoms with Gasteiger partial charge in [-0.3, -0.25) is 9.79 Å². The molecule has 1 amide bonds. The van der Waals surface area contributed by atoms with Crippen molar-refractivity contribution >= 4 is 35.8 Å². The average molecular weight is 450 g/mol. The van der Waals surface area contributed by atoms with Gasteiger partial charge in [0.1, 0.15) is 11.5 Å². The molecule has 0 radical (unpaired) electrons. The van der Waals surface area contributed by atoms with Crippen molar-refractivity contribution in [3.63, 3.8) is 0 Å². The highest BCUT2D eigenvalue weighted by Crippen LogP contribution is 2.15. The Hall–Kier alpha value is -1.25. The van der Waals surface area contributed by atoms with Gasteiger partial charge in [0, 0.05) is 18.5 Å². The van der Waals surface area contributed by atoms with Crippen molar-refractivity contribution in [3.05, 3.63) is 23.7 Å². The molecule has 24 heavy (non-hydrogen) atoms. The molecule has 0 saturated carbocycles. The van der Waals surface area contributed by atoms with Crippen molar-refractivity contribution in [1.29, 1.82) is 0 Å². The molecule has 1 unspecified atom stereocenters. The molecule has 0 aliphatic heterocycles. The van der Waals surface area contributed by atoms with E-state index >= 15 is 0 Å². The number of rotatable bonds is 6. The van der Waals surface area contributed by atoms with Crippen LogP contribution in [-0.4, -0.2) is 31.5 Å². The highest BCUT2D eigenvalue weighted by molar-refractivity contribution is 14.0. The van der Waals surface area contributed by atoms with Crippen molar-refractivity contribution in [2.45, 2.75) is 47.6 Å². The van der Waals surface area contributed by atoms with Crippen molar-refractivity contribution in [2.75, 3.05) is 19.6 Å². The van der Waals surface area contributed by atoms with Gasteiger partial charge >= 0.3 is 0 Å². The van der Waals surface area contributed by atoms with Crippen molar-refractivity contribution < 1.29 is 9.21 Å². The van der Waals surface area contributed by atoms with Gasteiger partial charge in [-0.05, 0) is 32.9 Å². The van der Waals surface area contributed by atoms with E-state index in [1.54, 1.807) is 0 Å². The van der Waals surface area contributed by atoms with Crippen LogP contribution in [0.5, 0.6) is 0 Å². The number of nitrogens with one attached hydrogen (secondary N) is 3. The van der Waals surface area contributed by atoms with E-state index in [0.717, 1.165) is 18.1 Å². The third-order valence-electron chi connectivity index (χ3n) is 3.23. The Labute approximate surface area is 162 Å². The highest BCUT2D eigenvalue weighted by Gasteiger charge is 2.20. The summed E-state index contributed by atoms with van der Waals surface area (Å²) in [6.45, 7) is 13.4. The summed E-state index contributed by atoms with van der Waals surface area (Å²) >= 11 is 0. The number of nitrogens with zero attached hydrogens (tertiary/aromatic N) is 1. The second-order valence-corrected chi connectivity index (χ2v) is 6.58. The summed E-state index contributed by atoms with van der Waals surface area (Å²) in [5, 5.41) is 9.38. The Morgan fingerprint density at radius 2 is 1.96 bits per heavy atom. The van der Waals surface area contributed by atoms with Crippen LogP contribution >= 0.6 is 24.0 Å². The minimum absolute atomic E-state index is 0. The Kier molecular flexibility index (Phi) is 10.0. The summed E-state index contributed by atoms with van der Waals surface area (Å²) in [6, 6.07) is 3.92. The molecule has 1 atom stereocenters. The summed E-state index contributed by atoms with van der Waals surface area (Å²) in [6.07, 6.45) is 0. The normalized spacial score (nSPS) is 13.0. The molecule has 3 N–H and O–H groups in total. The van der Waals surface area contributed by atoms with Crippen molar-refractivity contribution in [3.8, 4) is 0 Å². The summed E-state index contributed by atoms with van der Waals surface area (Å²) in [7, 11) is 0. The molecule has 7 heteroatoms. The number of hydrogen-bond acceptors (Lipinski definition) is 3. The van der Waals surface area contributed by atoms with Crippen LogP contribution in [0.15, 0.2) is 21.5 Å². The Bertz CT molecular complexity index is 535. The molecule has 0 spiro atoms. The number of aliphatic imine (C=N–C) groups is 1. The fourth-order valence-electron chi connectivity index (χ4n) is 1.88. The van der Waals surface area contributed by atoms with E-state index in [9.17, 15) is 4.79 Å². The zero-order chi connectivity index (χ0) is 17.5. The number of guanidine groups is 1. The van der Waals surface area contributed by atoms with Gasteiger partial charge < -0.3 is 20.4 Å². The van der Waals surface area contributed by atoms with Gasteiger partial charge in [-0.25, -0.2) is 0 Å². The molecule has 0 fully saturated rings. The number of carbonyl (C=O) groups excluding carboxylic acids is 1. The van der Waals surface area contributed by atoms with Gasteiger partial charge in [0.05, 0.1) is 12.6 Å². The van der Waals surface area contributed by atoms with Gasteiger partial charge in [-0.15, -0.1) is 24.0 Å². The number of carbonyl (C=O) groups is 1. The molecule has 1 heterocycles. The standard InChI is InChI=1S/C17H30N4O2.HI/c1-7-18-16(20-11-10-19-15(22)17(4,5)6)21-13(3)14-9-8-12(2)23-14;/h8-9,13H,7,10-11H2,1-6H3,(H,19,22)(H2,18,20,21);1H. The molecule has 138 valence electrons. The van der Waals surface area contributed by atoms with Crippen LogP contribution in [0.3, 0.4) is 0 Å². The van der Waals surface area contributed by atoms with Gasteiger partial charge in [-0.2, -0.15) is 0 Å². The maximum Gasteiger partial charge on any atom is 0.225 e. The third-order valence-corrected chi connectivity index (χ3v) is 3.23. The molecule has 0 bridgehead atoms. The first kappa shape index (κ1) is 22.8. The molecule has 1 rings (SSSR count). The topological polar surface area (TPSA) is 78.7 Å². The molecule has 0 aliphatic rings. The van der Waals surface area contributed by atoms with Crippen LogP contribution in [0, 0.1) is 12.3 Å². The second kappa shape index (κ2) is 10.6. The number of furan rings is 1. The fraction of sp³-hybridized carbons (Fsp3) is 0.647. The monoisotopic (exact) mass is 450 g/mol. The van der Waals surface area contributed by atoms with Crippen LogP contribution in [-0.2, 0) is 4.79 Å². The first-order chi connectivity index (χ1) is 10.7. The summed E-state index contributed by atoms with van der Waals surface area (Å²) in [5.74, 6) is 2.50. The van der Waals surface area contributed by atoms with Gasteiger partial charge in [0.25, 0.3) is 0 Å². The number of aryl methyl sites for hydroxylation is 1. The molecular formula is C17H31IN4O2. The van der Waals surface area contributed by atoms with E-state index in [1.807, 2.05) is 53.7 Å². The van der Waals surface area contributed by atoms with Crippen molar-refractivity contribution in [2.24, 2.45) is 10.4 Å². The smallest absolute Gasteiger partial charge is 0.225 e. The van der Waals surface area contributed by atoms with E-state index in [-0.39, 0.29) is 41.3 Å². The molecule has 0 aliphatic carbocycles. The maximum atomic E-state index is 11.8. The van der Waals surface area contributed by atoms with E-state index in [1.165, 1.54) is 0 Å². The minimum atomic E-state index is -0.377. The number of halogens is 1. The number of hydrogen-bond donors (Lipinski definition) is 3. The Morgan fingerprint density at radius 1 is 1.29 bits per heavy atom. The van der Waals surface area contributed by atoms with E-state index in [0.29, 0.717) is 19.0 Å². The van der Waals surface area contributed by atoms with E-state index in [2.05, 4.69) is 20.9 Å². The van der Waals surface area contributed by atoms with Crippen LogP contribution in [0.1, 0.15) is 52.2 Å². The van der Waals surface area contributed by atoms with E-state index in [4.69, 9.17) is 4.42 Å². The lowest BCUT2D eigenvalue weighted by molar-refractivity contribution is -0.128. The predicted molar refractivity (Wildman–Crippen MR) is 109 cm³/mol. The highest BCUT2D eigenvalue weighted by atomic mass is 127. The minimum Gasteiger partial charge on any atom is -0.464 e. The SMILES string of the molecule is CCNC(=NCCNC(=O)C(C)(C)C)NC(C)c1ccc(C)o1.I. The third kappa shape index (κ3) is 8.03. The largest absolute Gasteiger partial charge is 0.464 e. The second-order valence-electron chi connectivity index (χ2n) is 6.58. The molecule has 1 aromatic heterocycles. The lowest BCUT2D eigenvalue weighted by Crippen LogP contribution is -2.40. The molecule has 0 aromatic carbocycles. The summed E-state index contributed by atoms with van der Waals surface area (Å²) in [5.41, 5.74) is -0.377. The maximum absolute atomic E-state index is 11.8. The lowest BCUT2D eigenvalue weighted by atomic mass is 9.96. The Morgan fingerprint density at radius 3 is 2.46 bits per heavy atom. The summed E-state index contributed by atoms with van der Waals surface area (Å²) < 4.78 is 5.62. The zero-order valence-electron chi connectivity index (χ0n) is 15.5. The summed E-state index contributed by atoms with van der Waals surface area (Å²) in [4.78, 5) is 16.3. The molecular weight excluding hydrogens is 419 g/mol. The van der Waals surface area contributed by atoms with E-state index < -0.39 is 0 Å². The van der Waals surface area contributed by atoms with Gasteiger partial charge in [0.15, 0.2) is 5.96 Å². The zero-order valence-corrected chi connectivity index (χ0v) is 17.9. The number of amides is 1. The Balaban J connectivity index is 0.00000529. The quantitative estimate of drug-likeness (QED) is 0.270. The van der Waals surface area contributed by atoms with Crippen LogP contribution < -0.4 is 16.0 Å². The average Bonchev–Trinajstić information content (AvgIpc) is 2.89. The van der Waals surface area contributed by atoms with Crippen LogP contribution in [0.4, 0.5) is 0 Å². The van der Waals surface area contributed by atoms with Gasteiger partial charge in [-0.1, -0.05) is 20.8 Å². The lowest BCUT2D eigenvalue weighted by Gasteiger charge is -2.18. The van der Waals surface area contributed by atoms with Crippen LogP contribution in [0.2, 0.25) is 0 Å². The first-order valence-electron chi connectivity index (χ1n) is 8.13. The van der Waals surface area contributed by atoms with Crippen molar-refractivity contribution in [1.82, 2.24) is 16.0 Å².